The molecule has 5 rings (SSSR count). The highest BCUT2D eigenvalue weighted by Crippen LogP contribution is 2.39. The SMILES string of the molecule is CC1=C(Nc2nc(-c3ccccc3C(F)(F)F)cc3cnccc23)C2=C(C=CCC2)NC1. The summed E-state index contributed by atoms with van der Waals surface area (Å²) in [7, 11) is 0. The number of hydrogen-bond donors (Lipinski definition) is 2. The van der Waals surface area contributed by atoms with Gasteiger partial charge in [0.15, 0.2) is 0 Å². The Hall–Kier alpha value is -3.61. The van der Waals surface area contributed by atoms with Gasteiger partial charge in [0.05, 0.1) is 11.3 Å². The second-order valence-corrected chi connectivity index (χ2v) is 7.96. The van der Waals surface area contributed by atoms with Crippen LogP contribution in [0.4, 0.5) is 19.0 Å². The number of pyridine rings is 2. The molecule has 0 radical (unpaired) electrons. The van der Waals surface area contributed by atoms with Crippen LogP contribution in [0.15, 0.2) is 83.5 Å². The van der Waals surface area contributed by atoms with Crippen LogP contribution in [-0.4, -0.2) is 16.5 Å². The Kier molecular flexibility index (Phi) is 4.96. The highest BCUT2D eigenvalue weighted by molar-refractivity contribution is 5.95. The molecular weight excluding hydrogens is 413 g/mol. The minimum atomic E-state index is -4.47. The summed E-state index contributed by atoms with van der Waals surface area (Å²) in [6.45, 7) is 2.74. The molecule has 1 aliphatic heterocycles. The van der Waals surface area contributed by atoms with Gasteiger partial charge in [-0.15, -0.1) is 0 Å². The summed E-state index contributed by atoms with van der Waals surface area (Å²) in [6, 6.07) is 9.02. The minimum Gasteiger partial charge on any atom is -0.381 e. The Morgan fingerprint density at radius 2 is 1.97 bits per heavy atom. The topological polar surface area (TPSA) is 49.8 Å². The third-order valence-corrected chi connectivity index (χ3v) is 5.83. The maximum absolute atomic E-state index is 13.7. The smallest absolute Gasteiger partial charge is 0.381 e. The fraction of sp³-hybridized carbons (Fsp3) is 0.200. The molecule has 7 heteroatoms. The quantitative estimate of drug-likeness (QED) is 0.515. The Morgan fingerprint density at radius 1 is 1.12 bits per heavy atom. The van der Waals surface area contributed by atoms with Gasteiger partial charge in [-0.3, -0.25) is 4.98 Å². The number of aromatic nitrogens is 2. The van der Waals surface area contributed by atoms with Crippen molar-refractivity contribution in [1.82, 2.24) is 15.3 Å². The third-order valence-electron chi connectivity index (χ3n) is 5.83. The average molecular weight is 434 g/mol. The van der Waals surface area contributed by atoms with Crippen LogP contribution in [-0.2, 0) is 6.18 Å². The van der Waals surface area contributed by atoms with Crippen LogP contribution in [0.2, 0.25) is 0 Å². The van der Waals surface area contributed by atoms with Crippen molar-refractivity contribution < 1.29 is 13.2 Å². The van der Waals surface area contributed by atoms with Gasteiger partial charge in [0.25, 0.3) is 0 Å². The Morgan fingerprint density at radius 3 is 2.81 bits per heavy atom. The summed E-state index contributed by atoms with van der Waals surface area (Å²) in [4.78, 5) is 8.85. The second-order valence-electron chi connectivity index (χ2n) is 7.96. The van der Waals surface area contributed by atoms with E-state index in [2.05, 4.69) is 32.8 Å². The lowest BCUT2D eigenvalue weighted by Gasteiger charge is -2.28. The van der Waals surface area contributed by atoms with Crippen LogP contribution in [0, 0.1) is 0 Å². The average Bonchev–Trinajstić information content (AvgIpc) is 2.80. The summed E-state index contributed by atoms with van der Waals surface area (Å²) in [5, 5.41) is 8.42. The maximum Gasteiger partial charge on any atom is 0.417 e. The molecule has 0 bridgehead atoms. The predicted molar refractivity (Wildman–Crippen MR) is 120 cm³/mol. The highest BCUT2D eigenvalue weighted by Gasteiger charge is 2.34. The molecule has 0 saturated heterocycles. The van der Waals surface area contributed by atoms with E-state index in [1.165, 1.54) is 17.7 Å². The largest absolute Gasteiger partial charge is 0.417 e. The lowest BCUT2D eigenvalue weighted by Crippen LogP contribution is -2.27. The van der Waals surface area contributed by atoms with E-state index in [1.54, 1.807) is 24.5 Å². The Bertz CT molecular complexity index is 1300. The molecule has 0 amide bonds. The Balaban J connectivity index is 1.67. The highest BCUT2D eigenvalue weighted by atomic mass is 19.4. The van der Waals surface area contributed by atoms with Crippen LogP contribution in [0.5, 0.6) is 0 Å². The van der Waals surface area contributed by atoms with Gasteiger partial charge in [-0.2, -0.15) is 13.2 Å². The summed E-state index contributed by atoms with van der Waals surface area (Å²) in [6.07, 6.45) is 4.88. The molecule has 3 aromatic rings. The summed E-state index contributed by atoms with van der Waals surface area (Å²) < 4.78 is 41.0. The number of anilines is 1. The minimum absolute atomic E-state index is 0.0466. The lowest BCUT2D eigenvalue weighted by atomic mass is 9.93. The van der Waals surface area contributed by atoms with E-state index in [9.17, 15) is 13.2 Å². The monoisotopic (exact) mass is 434 g/mol. The van der Waals surface area contributed by atoms with E-state index in [0.29, 0.717) is 12.4 Å². The van der Waals surface area contributed by atoms with E-state index >= 15 is 0 Å². The second kappa shape index (κ2) is 7.82. The standard InChI is InChI=1S/C25H21F3N4/c1-15-13-30-21-9-5-3-7-19(21)23(15)32-24-17-10-11-29-14-16(17)12-22(31-24)18-6-2-4-8-20(18)25(26,27)28/h2,4-6,8-12,14,30H,3,7,13H2,1H3,(H,31,32). The molecule has 162 valence electrons. The molecule has 2 aromatic heterocycles. The molecule has 0 fully saturated rings. The normalized spacial score (nSPS) is 16.2. The third kappa shape index (κ3) is 3.64. The van der Waals surface area contributed by atoms with E-state index in [1.807, 2.05) is 13.0 Å². The number of alkyl halides is 3. The van der Waals surface area contributed by atoms with Crippen LogP contribution in [0.25, 0.3) is 22.0 Å². The van der Waals surface area contributed by atoms with Crippen LogP contribution in [0.3, 0.4) is 0 Å². The number of halogens is 3. The molecule has 2 N–H and O–H groups in total. The molecule has 2 aliphatic rings. The molecule has 32 heavy (non-hydrogen) atoms. The van der Waals surface area contributed by atoms with Gasteiger partial charge in [-0.1, -0.05) is 24.3 Å². The molecule has 1 aromatic carbocycles. The first-order valence-corrected chi connectivity index (χ1v) is 10.4. The zero-order valence-corrected chi connectivity index (χ0v) is 17.4. The molecule has 4 nitrogen and oxygen atoms in total. The summed E-state index contributed by atoms with van der Waals surface area (Å²) in [5.74, 6) is 0.523. The van der Waals surface area contributed by atoms with Gasteiger partial charge < -0.3 is 10.6 Å². The van der Waals surface area contributed by atoms with Crippen molar-refractivity contribution in [1.29, 1.82) is 0 Å². The zero-order chi connectivity index (χ0) is 22.3. The van der Waals surface area contributed by atoms with Gasteiger partial charge in [-0.05, 0) is 55.2 Å². The molecular formula is C25H21F3N4. The van der Waals surface area contributed by atoms with Gasteiger partial charge in [0.2, 0.25) is 0 Å². The lowest BCUT2D eigenvalue weighted by molar-refractivity contribution is -0.137. The van der Waals surface area contributed by atoms with Crippen LogP contribution >= 0.6 is 0 Å². The predicted octanol–water partition coefficient (Wildman–Crippen LogP) is 6.21. The van der Waals surface area contributed by atoms with Crippen LogP contribution < -0.4 is 10.6 Å². The molecule has 0 atom stereocenters. The number of hydrogen-bond acceptors (Lipinski definition) is 4. The van der Waals surface area contributed by atoms with E-state index in [0.717, 1.165) is 46.6 Å². The van der Waals surface area contributed by atoms with Crippen molar-refractivity contribution in [3.63, 3.8) is 0 Å². The van der Waals surface area contributed by atoms with Crippen molar-refractivity contribution in [3.8, 4) is 11.3 Å². The van der Waals surface area contributed by atoms with Crippen molar-refractivity contribution in [3.05, 3.63) is 89.0 Å². The van der Waals surface area contributed by atoms with Crippen molar-refractivity contribution in [2.45, 2.75) is 25.9 Å². The first kappa shape index (κ1) is 20.3. The Labute approximate surface area is 183 Å². The number of rotatable bonds is 3. The van der Waals surface area contributed by atoms with Crippen molar-refractivity contribution >= 4 is 16.6 Å². The number of fused-ring (bicyclic) bond motifs is 1. The zero-order valence-electron chi connectivity index (χ0n) is 17.4. The van der Waals surface area contributed by atoms with E-state index in [4.69, 9.17) is 0 Å². The number of benzene rings is 1. The van der Waals surface area contributed by atoms with Gasteiger partial charge >= 0.3 is 6.18 Å². The fourth-order valence-corrected chi connectivity index (χ4v) is 4.25. The van der Waals surface area contributed by atoms with E-state index < -0.39 is 11.7 Å². The summed E-state index contributed by atoms with van der Waals surface area (Å²) in [5.41, 5.74) is 3.95. The molecule has 1 aliphatic carbocycles. The van der Waals surface area contributed by atoms with E-state index in [-0.39, 0.29) is 11.3 Å². The summed E-state index contributed by atoms with van der Waals surface area (Å²) >= 11 is 0. The first-order valence-electron chi connectivity index (χ1n) is 10.4. The van der Waals surface area contributed by atoms with Crippen molar-refractivity contribution in [2.75, 3.05) is 11.9 Å². The molecule has 0 saturated carbocycles. The maximum atomic E-state index is 13.7. The number of allylic oxidation sites excluding steroid dienone is 3. The van der Waals surface area contributed by atoms with Gasteiger partial charge in [0, 0.05) is 46.7 Å². The van der Waals surface area contributed by atoms with Crippen molar-refractivity contribution in [2.24, 2.45) is 0 Å². The van der Waals surface area contributed by atoms with Gasteiger partial charge in [0.1, 0.15) is 5.82 Å². The molecule has 0 spiro atoms. The number of dihydropyridines is 1. The van der Waals surface area contributed by atoms with Crippen LogP contribution in [0.1, 0.15) is 25.3 Å². The fourth-order valence-electron chi connectivity index (χ4n) is 4.25. The number of nitrogens with zero attached hydrogens (tertiary/aromatic N) is 2. The molecule has 3 heterocycles. The number of nitrogens with one attached hydrogen (secondary N) is 2. The molecule has 0 unspecified atom stereocenters. The first-order chi connectivity index (χ1) is 15.4. The van der Waals surface area contributed by atoms with Gasteiger partial charge in [-0.25, -0.2) is 4.98 Å².